The summed E-state index contributed by atoms with van der Waals surface area (Å²) in [5.41, 5.74) is -7.99. The summed E-state index contributed by atoms with van der Waals surface area (Å²) < 4.78 is 2.34. The van der Waals surface area contributed by atoms with Crippen molar-refractivity contribution < 1.29 is 54.9 Å². The molecule has 0 saturated heterocycles. The van der Waals surface area contributed by atoms with Gasteiger partial charge in [-0.3, -0.25) is 9.59 Å². The third kappa shape index (κ3) is 9.14. The molecule has 0 aliphatic rings. The van der Waals surface area contributed by atoms with Gasteiger partial charge < -0.3 is 35.7 Å². The third-order valence-corrected chi connectivity index (χ3v) is 10.7. The van der Waals surface area contributed by atoms with Crippen LogP contribution in [-0.2, 0) is 0 Å². The molecule has 7 N–H and O–H groups in total. The number of thioether (sulfide) groups is 2. The van der Waals surface area contributed by atoms with E-state index in [0.717, 1.165) is 69.3 Å². The Morgan fingerprint density at radius 3 is 1.18 bits per heavy atom. The molecule has 0 amide bonds. The first kappa shape index (κ1) is 48.7. The Kier molecular flexibility index (Phi) is 13.2. The van der Waals surface area contributed by atoms with E-state index in [9.17, 15) is 75.0 Å². The minimum atomic E-state index is -1.48. The molecule has 32 heteroatoms. The number of carboxylic acids is 4. The van der Waals surface area contributed by atoms with E-state index in [1.54, 1.807) is 24.6 Å². The fourth-order valence-electron chi connectivity index (χ4n) is 6.31. The second-order valence-electron chi connectivity index (χ2n) is 13.9. The number of aromatic nitrogens is 11. The fraction of sp³-hybridized carbons (Fsp3) is 0.103. The van der Waals surface area contributed by atoms with Crippen LogP contribution in [0.3, 0.4) is 0 Å². The van der Waals surface area contributed by atoms with E-state index in [-0.39, 0.29) is 41.9 Å². The number of nitrogens with zero attached hydrogens (tertiary/aromatic N) is 17. The van der Waals surface area contributed by atoms with E-state index in [4.69, 9.17) is 0 Å². The predicted molar refractivity (Wildman–Crippen MR) is 237 cm³/mol. The smallest absolute Gasteiger partial charge is 0.335 e. The second kappa shape index (κ2) is 19.2. The second-order valence-corrected chi connectivity index (χ2v) is 15.4. The summed E-state index contributed by atoms with van der Waals surface area (Å²) in [5, 5.41) is 117. The Morgan fingerprint density at radius 2 is 0.887 bits per heavy atom. The predicted octanol–water partition coefficient (Wildman–Crippen LogP) is 3.88. The first-order valence-corrected chi connectivity index (χ1v) is 21.5. The van der Waals surface area contributed by atoms with Gasteiger partial charge in [0.1, 0.15) is 23.3 Å². The van der Waals surface area contributed by atoms with Gasteiger partial charge in [0.05, 0.1) is 33.6 Å². The molecule has 0 spiro atoms. The van der Waals surface area contributed by atoms with Crippen LogP contribution in [0, 0.1) is 36.5 Å². The maximum absolute atomic E-state index is 13.8. The maximum atomic E-state index is 13.8. The summed E-state index contributed by atoms with van der Waals surface area (Å²) >= 11 is 1.99. The number of aromatic hydroxyl groups is 3. The highest BCUT2D eigenvalue weighted by Crippen LogP contribution is 2.36. The van der Waals surface area contributed by atoms with E-state index < -0.39 is 121 Å². The molecule has 0 bridgehead atoms. The van der Waals surface area contributed by atoms with Gasteiger partial charge >= 0.3 is 29.9 Å². The van der Waals surface area contributed by atoms with Crippen molar-refractivity contribution in [1.29, 1.82) is 10.5 Å². The molecular weight excluding hydrogens is 979 g/mol. The molecule has 356 valence electrons. The summed E-state index contributed by atoms with van der Waals surface area (Å²) in [4.78, 5) is 94.7. The number of nitriles is 2. The van der Waals surface area contributed by atoms with Gasteiger partial charge in [0.25, 0.3) is 23.0 Å². The lowest BCUT2D eigenvalue weighted by molar-refractivity contribution is 0.0676. The number of hydrogen-bond donors (Lipinski definition) is 7. The van der Waals surface area contributed by atoms with Gasteiger partial charge in [-0.1, -0.05) is 23.5 Å². The van der Waals surface area contributed by atoms with Crippen molar-refractivity contribution >= 4 is 70.7 Å². The summed E-state index contributed by atoms with van der Waals surface area (Å²) in [6.45, 7) is 2.38. The highest BCUT2D eigenvalue weighted by molar-refractivity contribution is 7.98. The Hall–Kier alpha value is -10.2. The summed E-state index contributed by atoms with van der Waals surface area (Å²) in [6.07, 6.45) is 3.14. The van der Waals surface area contributed by atoms with Crippen LogP contribution >= 0.6 is 23.5 Å². The number of pyridine rings is 2. The van der Waals surface area contributed by atoms with E-state index in [2.05, 4.69) is 55.6 Å². The maximum Gasteiger partial charge on any atom is 0.335 e. The van der Waals surface area contributed by atoms with Crippen molar-refractivity contribution in [3.05, 3.63) is 102 Å². The molecule has 5 heterocycles. The van der Waals surface area contributed by atoms with E-state index in [1.807, 2.05) is 0 Å². The molecule has 0 atom stereocenters. The van der Waals surface area contributed by atoms with Crippen LogP contribution in [0.5, 0.6) is 17.8 Å². The zero-order chi connectivity index (χ0) is 51.7. The Balaban J connectivity index is 1.37. The van der Waals surface area contributed by atoms with Crippen LogP contribution in [0.15, 0.2) is 76.8 Å². The van der Waals surface area contributed by atoms with Crippen LogP contribution in [0.1, 0.15) is 63.7 Å². The first-order valence-electron chi connectivity index (χ1n) is 19.0. The molecule has 71 heavy (non-hydrogen) atoms. The molecule has 5 aromatic heterocycles. The van der Waals surface area contributed by atoms with Crippen LogP contribution in [-0.4, -0.2) is 126 Å². The molecule has 0 saturated carbocycles. The number of aromatic carboxylic acids is 4. The van der Waals surface area contributed by atoms with E-state index in [0.29, 0.717) is 0 Å². The van der Waals surface area contributed by atoms with Crippen molar-refractivity contribution in [2.75, 3.05) is 12.5 Å². The number of rotatable bonds is 14. The zero-order valence-electron chi connectivity index (χ0n) is 36.0. The average Bonchev–Trinajstić information content (AvgIpc) is 3.95. The number of benzene rings is 2. The quantitative estimate of drug-likeness (QED) is 0.0600. The summed E-state index contributed by atoms with van der Waals surface area (Å²) in [5.74, 6) is -11.1. The minimum absolute atomic E-state index is 0.0273. The highest BCUT2D eigenvalue weighted by atomic mass is 32.2. The number of carbonyl (C=O) groups is 4. The average molecular weight is 1000 g/mol. The molecular formula is C39H25N17O13S2. The van der Waals surface area contributed by atoms with Crippen molar-refractivity contribution in [3.63, 3.8) is 0 Å². The highest BCUT2D eigenvalue weighted by Gasteiger charge is 2.28. The molecule has 0 unspecified atom stereocenters. The summed E-state index contributed by atoms with van der Waals surface area (Å²) in [7, 11) is 0. The standard InChI is InChI=1S/C39H25N17O13S2/c1-13-21(11-40)25(57)53(27(59)23(13)47-49-35-45-38(70-3)51-55(35)19-7-15(29(61)62)5-16(8-19)30(63)64)33-42-34(44-37(69)43-33)54-26(58)22(12-41)14(2)24(28(54)60)48-50-36-46-39(71-4)52-56(36)20-9-17(31(65)66)6-18(10-20)32(67)68/h5-10,59-60H,1-4H3,(H,61,62)(H,63,64)(H,65,66)(H,67,68)(H,42,43,44,69)/b49-47+,50-48+. The van der Waals surface area contributed by atoms with Gasteiger partial charge in [0.15, 0.2) is 11.4 Å². The monoisotopic (exact) mass is 1000 g/mol. The molecule has 0 aliphatic carbocycles. The van der Waals surface area contributed by atoms with Crippen LogP contribution in [0.2, 0.25) is 0 Å². The molecule has 7 aromatic rings. The van der Waals surface area contributed by atoms with Gasteiger partial charge in [0.2, 0.25) is 34.0 Å². The number of carboxylic acid groups (broad SMARTS) is 4. The summed E-state index contributed by atoms with van der Waals surface area (Å²) in [6, 6.07) is 8.09. The molecule has 30 nitrogen and oxygen atoms in total. The van der Waals surface area contributed by atoms with Gasteiger partial charge in [-0.05, 0) is 62.8 Å². The van der Waals surface area contributed by atoms with Gasteiger partial charge in [-0.2, -0.15) is 44.8 Å². The molecule has 0 radical (unpaired) electrons. The lowest BCUT2D eigenvalue weighted by Gasteiger charge is -2.14. The topological polar surface area (TPSA) is 451 Å². The first-order chi connectivity index (χ1) is 33.7. The SMILES string of the molecule is CSc1nc(/N=N/c2c(C)c(C#N)c(=O)n(-c3nc(O)nc(-n4c(O)c(/N=N/c5nc(SC)nn5-c5cc(C(=O)O)cc(C(=O)O)c5)c(C)c(C#N)c4=O)n3)c2O)n(-c2cc(C(=O)O)cc(C(=O)O)c2)n1. The van der Waals surface area contributed by atoms with Crippen LogP contribution < -0.4 is 11.1 Å². The molecule has 0 fully saturated rings. The Labute approximate surface area is 400 Å². The molecule has 2 aromatic carbocycles. The van der Waals surface area contributed by atoms with Gasteiger partial charge in [-0.25, -0.2) is 28.3 Å². The normalized spacial score (nSPS) is 11.2. The van der Waals surface area contributed by atoms with E-state index in [1.165, 1.54) is 13.8 Å². The van der Waals surface area contributed by atoms with E-state index >= 15 is 0 Å². The van der Waals surface area contributed by atoms with Crippen LogP contribution in [0.4, 0.5) is 23.3 Å². The van der Waals surface area contributed by atoms with Gasteiger partial charge in [0, 0.05) is 11.1 Å². The minimum Gasteiger partial charge on any atom is -0.492 e. The lowest BCUT2D eigenvalue weighted by atomic mass is 10.1. The number of hydrogen-bond acceptors (Lipinski definition) is 24. The fourth-order valence-corrected chi connectivity index (χ4v) is 6.98. The largest absolute Gasteiger partial charge is 0.492 e. The molecule has 0 aliphatic heterocycles. The lowest BCUT2D eigenvalue weighted by Crippen LogP contribution is -2.27. The van der Waals surface area contributed by atoms with Crippen molar-refractivity contribution in [2.24, 2.45) is 20.5 Å². The Bertz CT molecular complexity index is 3450. The molecule has 7 rings (SSSR count). The number of azo groups is 2. The Morgan fingerprint density at radius 1 is 0.549 bits per heavy atom. The van der Waals surface area contributed by atoms with Crippen molar-refractivity contribution in [3.8, 4) is 53.2 Å². The zero-order valence-corrected chi connectivity index (χ0v) is 37.6. The van der Waals surface area contributed by atoms with Crippen molar-refractivity contribution in [1.82, 2.24) is 53.6 Å². The third-order valence-electron chi connectivity index (χ3n) is 9.66. The van der Waals surface area contributed by atoms with Crippen molar-refractivity contribution in [2.45, 2.75) is 24.2 Å². The van der Waals surface area contributed by atoms with Crippen LogP contribution in [0.25, 0.3) is 23.3 Å². The van der Waals surface area contributed by atoms with Gasteiger partial charge in [-0.15, -0.1) is 30.7 Å².